The Morgan fingerprint density at radius 2 is 2.00 bits per heavy atom. The van der Waals surface area contributed by atoms with E-state index in [-0.39, 0.29) is 29.1 Å². The summed E-state index contributed by atoms with van der Waals surface area (Å²) in [5, 5.41) is 6.38. The minimum Gasteiger partial charge on any atom is -0.465 e. The molecule has 2 bridgehead atoms. The predicted octanol–water partition coefficient (Wildman–Crippen LogP) is 3.38. The van der Waals surface area contributed by atoms with E-state index in [2.05, 4.69) is 31.5 Å². The van der Waals surface area contributed by atoms with Crippen LogP contribution in [0, 0.1) is 35.0 Å². The Bertz CT molecular complexity index is 789. The number of ether oxygens (including phenoxy) is 1. The number of aromatic nitrogens is 1. The van der Waals surface area contributed by atoms with Gasteiger partial charge in [0, 0.05) is 12.5 Å². The minimum absolute atomic E-state index is 0.0473. The molecule has 156 valence electrons. The maximum Gasteiger partial charge on any atom is 0.310 e. The number of anilines is 1. The Labute approximate surface area is 179 Å². The molecule has 29 heavy (non-hydrogen) atoms. The average molecular weight is 462 g/mol. The molecule has 0 radical (unpaired) electrons. The molecular formula is C22H28BrN3O3. The third-order valence-electron chi connectivity index (χ3n) is 7.78. The van der Waals surface area contributed by atoms with Crippen LogP contribution in [0.2, 0.25) is 0 Å². The highest BCUT2D eigenvalue weighted by Gasteiger charge is 2.72. The molecule has 1 aliphatic heterocycles. The molecule has 1 unspecified atom stereocenters. The van der Waals surface area contributed by atoms with E-state index in [0.717, 1.165) is 56.2 Å². The van der Waals surface area contributed by atoms with Gasteiger partial charge in [0.1, 0.15) is 4.60 Å². The van der Waals surface area contributed by atoms with Gasteiger partial charge in [-0.2, -0.15) is 0 Å². The third-order valence-corrected chi connectivity index (χ3v) is 8.25. The van der Waals surface area contributed by atoms with Crippen LogP contribution in [0.5, 0.6) is 0 Å². The number of carbonyl (C=O) groups excluding carboxylic acids is 2. The van der Waals surface area contributed by atoms with Crippen molar-refractivity contribution < 1.29 is 14.3 Å². The van der Waals surface area contributed by atoms with Gasteiger partial charge in [-0.25, -0.2) is 4.98 Å². The van der Waals surface area contributed by atoms with E-state index >= 15 is 0 Å². The molecule has 0 aromatic carbocycles. The maximum absolute atomic E-state index is 13.3. The summed E-state index contributed by atoms with van der Waals surface area (Å²) < 4.78 is 6.54. The lowest BCUT2D eigenvalue weighted by atomic mass is 9.78. The standard InChI is InChI=1S/C22H28BrN3O3/c23-17-6-3-14(11-25-17)26-20(27)18-15-4-5-16(22(15)7-8-22)19(18)21(28)29-12-13-2-1-9-24-10-13/h3,6,11,13,15-16,18-19,24H,1-2,4-5,7-10,12H2,(H,26,27)/t13?,15-,16+,18+,19+/m0/s1. The first-order valence-corrected chi connectivity index (χ1v) is 11.7. The van der Waals surface area contributed by atoms with Crippen molar-refractivity contribution in [1.82, 2.24) is 10.3 Å². The Kier molecular flexibility index (Phi) is 5.14. The van der Waals surface area contributed by atoms with Gasteiger partial charge in [-0.15, -0.1) is 0 Å². The van der Waals surface area contributed by atoms with Crippen molar-refractivity contribution in [2.45, 2.75) is 38.5 Å². The second-order valence-electron chi connectivity index (χ2n) is 9.28. The number of hydrogen-bond donors (Lipinski definition) is 2. The lowest BCUT2D eigenvalue weighted by molar-refractivity contribution is -0.156. The molecule has 5 rings (SSSR count). The van der Waals surface area contributed by atoms with Crippen molar-refractivity contribution in [3.05, 3.63) is 22.9 Å². The number of pyridine rings is 1. The summed E-state index contributed by atoms with van der Waals surface area (Å²) in [6.45, 7) is 2.43. The Morgan fingerprint density at radius 1 is 1.21 bits per heavy atom. The quantitative estimate of drug-likeness (QED) is 0.518. The second-order valence-corrected chi connectivity index (χ2v) is 10.1. The van der Waals surface area contributed by atoms with Crippen molar-refractivity contribution in [2.24, 2.45) is 35.0 Å². The van der Waals surface area contributed by atoms with E-state index < -0.39 is 0 Å². The predicted molar refractivity (Wildman–Crippen MR) is 112 cm³/mol. The minimum atomic E-state index is -0.295. The van der Waals surface area contributed by atoms with E-state index in [4.69, 9.17) is 4.74 Å². The van der Waals surface area contributed by atoms with Gasteiger partial charge < -0.3 is 15.4 Å². The van der Waals surface area contributed by atoms with Crippen LogP contribution in [0.3, 0.4) is 0 Å². The molecule has 3 aliphatic carbocycles. The largest absolute Gasteiger partial charge is 0.465 e. The molecule has 6 nitrogen and oxygen atoms in total. The molecule has 4 fully saturated rings. The highest BCUT2D eigenvalue weighted by Crippen LogP contribution is 2.74. The molecule has 1 aromatic heterocycles. The fourth-order valence-corrected chi connectivity index (χ4v) is 6.60. The van der Waals surface area contributed by atoms with E-state index in [1.165, 1.54) is 0 Å². The van der Waals surface area contributed by atoms with Gasteiger partial charge in [0.2, 0.25) is 5.91 Å². The molecule has 7 heteroatoms. The first-order chi connectivity index (χ1) is 14.1. The van der Waals surface area contributed by atoms with Gasteiger partial charge in [-0.3, -0.25) is 9.59 Å². The molecular weight excluding hydrogens is 434 g/mol. The van der Waals surface area contributed by atoms with Crippen molar-refractivity contribution >= 4 is 33.5 Å². The average Bonchev–Trinajstić information content (AvgIpc) is 3.41. The van der Waals surface area contributed by atoms with E-state index in [1.807, 2.05) is 12.1 Å². The fourth-order valence-electron chi connectivity index (χ4n) is 6.36. The van der Waals surface area contributed by atoms with Crippen LogP contribution in [-0.4, -0.2) is 36.6 Å². The molecule has 3 saturated carbocycles. The summed E-state index contributed by atoms with van der Waals surface area (Å²) in [5.74, 6) is 0.237. The smallest absolute Gasteiger partial charge is 0.310 e. The SMILES string of the molecule is O=C(OCC1CCCNC1)[C@H]1[C@H](C(=O)Nc2ccc(Br)nc2)[C@@H]2CC[C@H]1C21CC1. The number of amides is 1. The van der Waals surface area contributed by atoms with Gasteiger partial charge in [-0.1, -0.05) is 0 Å². The summed E-state index contributed by atoms with van der Waals surface area (Å²) in [5.41, 5.74) is 0.891. The summed E-state index contributed by atoms with van der Waals surface area (Å²) >= 11 is 3.32. The van der Waals surface area contributed by atoms with Crippen LogP contribution in [0.4, 0.5) is 5.69 Å². The highest BCUT2D eigenvalue weighted by molar-refractivity contribution is 9.10. The molecule has 2 heterocycles. The van der Waals surface area contributed by atoms with Crippen molar-refractivity contribution in [1.29, 1.82) is 0 Å². The summed E-state index contributed by atoms with van der Waals surface area (Å²) in [4.78, 5) is 30.6. The molecule has 4 aliphatic rings. The maximum atomic E-state index is 13.3. The number of halogens is 1. The molecule has 2 N–H and O–H groups in total. The molecule has 5 atom stereocenters. The number of hydrogen-bond acceptors (Lipinski definition) is 5. The summed E-state index contributed by atoms with van der Waals surface area (Å²) in [6.07, 6.45) is 8.29. The van der Waals surface area contributed by atoms with Crippen LogP contribution in [0.25, 0.3) is 0 Å². The van der Waals surface area contributed by atoms with Crippen LogP contribution >= 0.6 is 15.9 Å². The zero-order valence-corrected chi connectivity index (χ0v) is 18.1. The first kappa shape index (κ1) is 19.5. The zero-order valence-electron chi connectivity index (χ0n) is 16.5. The monoisotopic (exact) mass is 461 g/mol. The van der Waals surface area contributed by atoms with E-state index in [1.54, 1.807) is 6.20 Å². The number of piperidine rings is 1. The van der Waals surface area contributed by atoms with Gasteiger partial charge in [0.05, 0.1) is 30.3 Å². The van der Waals surface area contributed by atoms with Gasteiger partial charge in [0.25, 0.3) is 0 Å². The van der Waals surface area contributed by atoms with Gasteiger partial charge in [-0.05, 0) is 90.4 Å². The number of nitrogens with one attached hydrogen (secondary N) is 2. The molecule has 1 amide bonds. The Balaban J connectivity index is 1.31. The van der Waals surface area contributed by atoms with Gasteiger partial charge >= 0.3 is 5.97 Å². The third kappa shape index (κ3) is 3.50. The number of rotatable bonds is 5. The second kappa shape index (κ2) is 7.65. The number of carbonyl (C=O) groups is 2. The molecule has 1 spiro atoms. The van der Waals surface area contributed by atoms with Crippen LogP contribution in [0.1, 0.15) is 38.5 Å². The highest BCUT2D eigenvalue weighted by atomic mass is 79.9. The lowest BCUT2D eigenvalue weighted by Gasteiger charge is -2.29. The molecule has 1 saturated heterocycles. The van der Waals surface area contributed by atoms with Crippen LogP contribution in [0.15, 0.2) is 22.9 Å². The summed E-state index contributed by atoms with van der Waals surface area (Å²) in [7, 11) is 0. The van der Waals surface area contributed by atoms with Crippen molar-refractivity contribution in [3.63, 3.8) is 0 Å². The van der Waals surface area contributed by atoms with E-state index in [9.17, 15) is 9.59 Å². The number of esters is 1. The van der Waals surface area contributed by atoms with Crippen LogP contribution in [-0.2, 0) is 14.3 Å². The van der Waals surface area contributed by atoms with Gasteiger partial charge in [0.15, 0.2) is 0 Å². The Hall–Kier alpha value is -1.47. The van der Waals surface area contributed by atoms with Crippen LogP contribution < -0.4 is 10.6 Å². The number of nitrogens with zero attached hydrogens (tertiary/aromatic N) is 1. The first-order valence-electron chi connectivity index (χ1n) is 10.9. The van der Waals surface area contributed by atoms with Crippen molar-refractivity contribution in [2.75, 3.05) is 25.0 Å². The lowest BCUT2D eigenvalue weighted by Crippen LogP contribution is -2.40. The fraction of sp³-hybridized carbons (Fsp3) is 0.682. The topological polar surface area (TPSA) is 80.3 Å². The summed E-state index contributed by atoms with van der Waals surface area (Å²) in [6, 6.07) is 3.64. The van der Waals surface area contributed by atoms with E-state index in [0.29, 0.717) is 30.0 Å². The molecule has 1 aromatic rings. The normalized spacial score (nSPS) is 34.2. The Morgan fingerprint density at radius 3 is 2.66 bits per heavy atom. The van der Waals surface area contributed by atoms with Crippen molar-refractivity contribution in [3.8, 4) is 0 Å². The zero-order chi connectivity index (χ0) is 20.0.